The van der Waals surface area contributed by atoms with Crippen LogP contribution in [0.3, 0.4) is 0 Å². The first-order chi connectivity index (χ1) is 14.5. The molecule has 0 spiro atoms. The number of hydrogen-bond donors (Lipinski definition) is 1. The van der Waals surface area contributed by atoms with Crippen LogP contribution >= 0.6 is 11.3 Å². The van der Waals surface area contributed by atoms with Crippen LogP contribution in [0.5, 0.6) is 5.75 Å². The van der Waals surface area contributed by atoms with E-state index >= 15 is 0 Å². The van der Waals surface area contributed by atoms with Crippen molar-refractivity contribution in [2.24, 2.45) is 0 Å². The summed E-state index contributed by atoms with van der Waals surface area (Å²) in [4.78, 5) is 26.0. The summed E-state index contributed by atoms with van der Waals surface area (Å²) in [5.41, 5.74) is 3.52. The number of carbonyl (C=O) groups is 1. The van der Waals surface area contributed by atoms with Crippen LogP contribution < -0.4 is 10.1 Å². The minimum absolute atomic E-state index is 0.320. The Morgan fingerprint density at radius 1 is 1.07 bits per heavy atom. The average Bonchev–Trinajstić information content (AvgIpc) is 3.22. The molecule has 1 aromatic carbocycles. The van der Waals surface area contributed by atoms with E-state index in [0.29, 0.717) is 27.8 Å². The van der Waals surface area contributed by atoms with Gasteiger partial charge in [-0.3, -0.25) is 20.1 Å². The Kier molecular flexibility index (Phi) is 5.49. The van der Waals surface area contributed by atoms with E-state index in [4.69, 9.17) is 4.74 Å². The fourth-order valence-electron chi connectivity index (χ4n) is 2.97. The first-order valence-corrected chi connectivity index (χ1v) is 9.92. The largest absolute Gasteiger partial charge is 0.497 e. The van der Waals surface area contributed by atoms with Gasteiger partial charge in [-0.2, -0.15) is 0 Å². The van der Waals surface area contributed by atoms with Crippen LogP contribution in [0, 0.1) is 12.7 Å². The Bertz CT molecular complexity index is 1210. The Morgan fingerprint density at radius 3 is 2.57 bits per heavy atom. The average molecular weight is 420 g/mol. The smallest absolute Gasteiger partial charge is 0.259 e. The maximum absolute atomic E-state index is 13.4. The highest BCUT2D eigenvalue weighted by Gasteiger charge is 2.19. The van der Waals surface area contributed by atoms with Crippen molar-refractivity contribution in [1.29, 1.82) is 0 Å². The number of pyridine rings is 2. The second kappa shape index (κ2) is 8.38. The highest BCUT2D eigenvalue weighted by atomic mass is 32.1. The van der Waals surface area contributed by atoms with Crippen LogP contribution in [-0.2, 0) is 0 Å². The fourth-order valence-corrected chi connectivity index (χ4v) is 3.67. The number of halogens is 1. The molecule has 0 saturated heterocycles. The number of carbonyl (C=O) groups excluding carboxylic acids is 1. The minimum atomic E-state index is -0.395. The summed E-state index contributed by atoms with van der Waals surface area (Å²) in [6, 6.07) is 11.7. The molecule has 1 amide bonds. The molecule has 3 aromatic heterocycles. The van der Waals surface area contributed by atoms with E-state index in [2.05, 4.69) is 20.3 Å². The molecule has 8 heteroatoms. The molecule has 0 unspecified atom stereocenters. The fraction of sp³-hybridized carbons (Fsp3) is 0.0909. The maximum Gasteiger partial charge on any atom is 0.259 e. The molecular weight excluding hydrogens is 403 g/mol. The first kappa shape index (κ1) is 19.7. The Labute approximate surface area is 176 Å². The first-order valence-electron chi connectivity index (χ1n) is 9.04. The summed E-state index contributed by atoms with van der Waals surface area (Å²) >= 11 is 1.24. The van der Waals surface area contributed by atoms with Gasteiger partial charge in [-0.05, 0) is 48.9 Å². The predicted octanol–water partition coefficient (Wildman–Crippen LogP) is 4.98. The summed E-state index contributed by atoms with van der Waals surface area (Å²) in [5.74, 6) is 0.00639. The summed E-state index contributed by atoms with van der Waals surface area (Å²) in [6.07, 6.45) is 3.05. The number of benzene rings is 1. The number of rotatable bonds is 5. The summed E-state index contributed by atoms with van der Waals surface area (Å²) < 4.78 is 18.6. The number of aromatic nitrogens is 3. The van der Waals surface area contributed by atoms with E-state index in [1.54, 1.807) is 24.8 Å². The molecule has 3 heterocycles. The third kappa shape index (κ3) is 4.04. The quantitative estimate of drug-likeness (QED) is 0.493. The van der Waals surface area contributed by atoms with Crippen molar-refractivity contribution in [2.75, 3.05) is 12.4 Å². The van der Waals surface area contributed by atoms with Gasteiger partial charge in [0.2, 0.25) is 0 Å². The molecule has 0 radical (unpaired) electrons. The van der Waals surface area contributed by atoms with Gasteiger partial charge in [-0.15, -0.1) is 11.3 Å². The van der Waals surface area contributed by atoms with Gasteiger partial charge < -0.3 is 4.74 Å². The van der Waals surface area contributed by atoms with Crippen LogP contribution in [-0.4, -0.2) is 28.0 Å². The normalized spacial score (nSPS) is 10.6. The van der Waals surface area contributed by atoms with E-state index in [1.165, 1.54) is 29.7 Å². The number of nitrogens with zero attached hydrogens (tertiary/aromatic N) is 3. The number of aryl methyl sites for hydroxylation is 1. The lowest BCUT2D eigenvalue weighted by Gasteiger charge is -2.11. The van der Waals surface area contributed by atoms with Crippen LogP contribution in [0.1, 0.15) is 15.9 Å². The summed E-state index contributed by atoms with van der Waals surface area (Å²) in [5, 5.41) is 4.93. The van der Waals surface area contributed by atoms with Crippen molar-refractivity contribution in [3.8, 4) is 28.4 Å². The van der Waals surface area contributed by atoms with Gasteiger partial charge in [-0.25, -0.2) is 9.37 Å². The molecule has 0 atom stereocenters. The zero-order valence-corrected chi connectivity index (χ0v) is 17.0. The Morgan fingerprint density at radius 2 is 1.83 bits per heavy atom. The Hall–Kier alpha value is -3.65. The van der Waals surface area contributed by atoms with Crippen LogP contribution in [0.25, 0.3) is 22.6 Å². The summed E-state index contributed by atoms with van der Waals surface area (Å²) in [6.45, 7) is 1.85. The number of anilines is 1. The van der Waals surface area contributed by atoms with Crippen molar-refractivity contribution in [3.05, 3.63) is 77.2 Å². The number of methoxy groups -OCH3 is 1. The standard InChI is InChI=1S/C22H17FN4O2S/c1-13-7-9-25-20(14-3-5-16(29-2)6-4-14)19(13)21(28)27-22-26-18(12-30-22)17-11-15(23)8-10-24-17/h3-12H,1-2H3,(H,26,27,28). The zero-order valence-electron chi connectivity index (χ0n) is 16.2. The van der Waals surface area contributed by atoms with Crippen LogP contribution in [0.4, 0.5) is 9.52 Å². The lowest BCUT2D eigenvalue weighted by Crippen LogP contribution is -2.15. The molecule has 0 fully saturated rings. The third-order valence-corrected chi connectivity index (χ3v) is 5.22. The number of ether oxygens (including phenoxy) is 1. The number of nitrogens with one attached hydrogen (secondary N) is 1. The zero-order chi connectivity index (χ0) is 21.1. The third-order valence-electron chi connectivity index (χ3n) is 4.46. The molecule has 0 saturated carbocycles. The second-order valence-electron chi connectivity index (χ2n) is 6.43. The van der Waals surface area contributed by atoms with Gasteiger partial charge in [0.1, 0.15) is 17.3 Å². The van der Waals surface area contributed by atoms with E-state index in [9.17, 15) is 9.18 Å². The van der Waals surface area contributed by atoms with Crippen LogP contribution in [0.2, 0.25) is 0 Å². The molecule has 1 N–H and O–H groups in total. The SMILES string of the molecule is COc1ccc(-c2nccc(C)c2C(=O)Nc2nc(-c3cc(F)ccn3)cs2)cc1. The maximum atomic E-state index is 13.4. The van der Waals surface area contributed by atoms with Crippen molar-refractivity contribution in [1.82, 2.24) is 15.0 Å². The molecule has 4 aromatic rings. The number of thiazole rings is 1. The summed E-state index contributed by atoms with van der Waals surface area (Å²) in [7, 11) is 1.60. The molecule has 0 aliphatic heterocycles. The van der Waals surface area contributed by atoms with Gasteiger partial charge in [0.15, 0.2) is 5.13 Å². The lowest BCUT2D eigenvalue weighted by atomic mass is 10.0. The minimum Gasteiger partial charge on any atom is -0.497 e. The Balaban J connectivity index is 1.63. The van der Waals surface area contributed by atoms with Gasteiger partial charge in [0.25, 0.3) is 5.91 Å². The van der Waals surface area contributed by atoms with E-state index < -0.39 is 5.82 Å². The molecule has 0 aliphatic carbocycles. The van der Waals surface area contributed by atoms with E-state index in [-0.39, 0.29) is 5.91 Å². The van der Waals surface area contributed by atoms with Gasteiger partial charge >= 0.3 is 0 Å². The number of amides is 1. The van der Waals surface area contributed by atoms with Gasteiger partial charge in [0.05, 0.1) is 24.1 Å². The van der Waals surface area contributed by atoms with E-state index in [1.807, 2.05) is 31.2 Å². The molecule has 30 heavy (non-hydrogen) atoms. The molecule has 0 bridgehead atoms. The predicted molar refractivity (Wildman–Crippen MR) is 114 cm³/mol. The van der Waals surface area contributed by atoms with Crippen molar-refractivity contribution >= 4 is 22.4 Å². The van der Waals surface area contributed by atoms with Gasteiger partial charge in [-0.1, -0.05) is 0 Å². The van der Waals surface area contributed by atoms with Gasteiger partial charge in [0, 0.05) is 29.4 Å². The number of hydrogen-bond acceptors (Lipinski definition) is 6. The lowest BCUT2D eigenvalue weighted by molar-refractivity contribution is 0.102. The monoisotopic (exact) mass is 420 g/mol. The molecule has 4 rings (SSSR count). The van der Waals surface area contributed by atoms with Crippen molar-refractivity contribution < 1.29 is 13.9 Å². The topological polar surface area (TPSA) is 77.0 Å². The highest BCUT2D eigenvalue weighted by Crippen LogP contribution is 2.28. The second-order valence-corrected chi connectivity index (χ2v) is 7.29. The molecule has 6 nitrogen and oxygen atoms in total. The van der Waals surface area contributed by atoms with Crippen molar-refractivity contribution in [2.45, 2.75) is 6.92 Å². The molecule has 0 aliphatic rings. The van der Waals surface area contributed by atoms with E-state index in [0.717, 1.165) is 16.9 Å². The van der Waals surface area contributed by atoms with Crippen LogP contribution in [0.15, 0.2) is 60.2 Å². The molecular formula is C22H17FN4O2S. The highest BCUT2D eigenvalue weighted by molar-refractivity contribution is 7.14. The molecule has 150 valence electrons. The van der Waals surface area contributed by atoms with Crippen molar-refractivity contribution in [3.63, 3.8) is 0 Å².